The molecule has 0 aliphatic heterocycles. The zero-order valence-corrected chi connectivity index (χ0v) is 9.17. The van der Waals surface area contributed by atoms with Gasteiger partial charge in [0.1, 0.15) is 0 Å². The molecule has 1 heteroatoms. The van der Waals surface area contributed by atoms with Gasteiger partial charge in [-0.05, 0) is 29.9 Å². The smallest absolute Gasteiger partial charge is 0.0500 e. The van der Waals surface area contributed by atoms with Crippen LogP contribution in [0.1, 0.15) is 42.9 Å². The number of aliphatic hydroxyl groups is 1. The number of fused-ring (bicyclic) bond motifs is 1. The van der Waals surface area contributed by atoms with E-state index in [0.717, 1.165) is 6.42 Å². The molecule has 1 N–H and O–H groups in total. The third-order valence-corrected chi connectivity index (χ3v) is 3.35. The van der Waals surface area contributed by atoms with Crippen molar-refractivity contribution in [1.29, 1.82) is 0 Å². The lowest BCUT2D eigenvalue weighted by Gasteiger charge is -2.19. The Morgan fingerprint density at radius 2 is 2.14 bits per heavy atom. The van der Waals surface area contributed by atoms with Crippen molar-refractivity contribution in [3.63, 3.8) is 0 Å². The van der Waals surface area contributed by atoms with E-state index >= 15 is 0 Å². The van der Waals surface area contributed by atoms with Crippen LogP contribution < -0.4 is 0 Å². The van der Waals surface area contributed by atoms with Crippen molar-refractivity contribution >= 4 is 0 Å². The molecule has 0 aromatic heterocycles. The van der Waals surface area contributed by atoms with Crippen LogP contribution in [0.4, 0.5) is 0 Å². The molecule has 2 rings (SSSR count). The third-order valence-electron chi connectivity index (χ3n) is 3.35. The SMILES string of the molecule is Cc1ccc2c(c1)C(C)(C)C[C@H]2CO. The van der Waals surface area contributed by atoms with Crippen LogP contribution >= 0.6 is 0 Å². The predicted octanol–water partition coefficient (Wildman–Crippen LogP) is 2.75. The van der Waals surface area contributed by atoms with Gasteiger partial charge in [-0.15, -0.1) is 0 Å². The van der Waals surface area contributed by atoms with E-state index < -0.39 is 0 Å². The first kappa shape index (κ1) is 9.72. The monoisotopic (exact) mass is 190 g/mol. The maximum atomic E-state index is 9.31. The minimum Gasteiger partial charge on any atom is -0.396 e. The van der Waals surface area contributed by atoms with E-state index in [1.165, 1.54) is 16.7 Å². The van der Waals surface area contributed by atoms with Gasteiger partial charge in [-0.2, -0.15) is 0 Å². The topological polar surface area (TPSA) is 20.2 Å². The first-order valence-corrected chi connectivity index (χ1v) is 5.26. The van der Waals surface area contributed by atoms with Crippen molar-refractivity contribution in [3.05, 3.63) is 34.9 Å². The Labute approximate surface area is 85.8 Å². The van der Waals surface area contributed by atoms with Crippen LogP contribution in [0.5, 0.6) is 0 Å². The molecule has 0 amide bonds. The molecule has 1 aliphatic carbocycles. The summed E-state index contributed by atoms with van der Waals surface area (Å²) in [4.78, 5) is 0. The van der Waals surface area contributed by atoms with Crippen LogP contribution in [-0.2, 0) is 5.41 Å². The minimum absolute atomic E-state index is 0.231. The Kier molecular flexibility index (Phi) is 2.15. The highest BCUT2D eigenvalue weighted by atomic mass is 16.3. The summed E-state index contributed by atoms with van der Waals surface area (Å²) in [5.41, 5.74) is 4.32. The number of benzene rings is 1. The lowest BCUT2D eigenvalue weighted by Crippen LogP contribution is -2.13. The van der Waals surface area contributed by atoms with Crippen LogP contribution in [0.2, 0.25) is 0 Å². The fourth-order valence-electron chi connectivity index (χ4n) is 2.61. The molecular weight excluding hydrogens is 172 g/mol. The fraction of sp³-hybridized carbons (Fsp3) is 0.538. The molecule has 0 saturated heterocycles. The van der Waals surface area contributed by atoms with Gasteiger partial charge >= 0.3 is 0 Å². The molecule has 1 aliphatic rings. The Bertz CT molecular complexity index is 352. The van der Waals surface area contributed by atoms with Gasteiger partial charge in [-0.3, -0.25) is 0 Å². The van der Waals surface area contributed by atoms with Gasteiger partial charge in [-0.1, -0.05) is 37.6 Å². The lowest BCUT2D eigenvalue weighted by atomic mass is 9.85. The molecule has 0 heterocycles. The predicted molar refractivity (Wildman–Crippen MR) is 58.6 cm³/mol. The molecule has 0 spiro atoms. The molecule has 0 bridgehead atoms. The zero-order chi connectivity index (χ0) is 10.3. The summed E-state index contributed by atoms with van der Waals surface area (Å²) in [6.07, 6.45) is 1.07. The minimum atomic E-state index is 0.231. The highest BCUT2D eigenvalue weighted by Gasteiger charge is 2.36. The Morgan fingerprint density at radius 3 is 2.79 bits per heavy atom. The average molecular weight is 190 g/mol. The van der Waals surface area contributed by atoms with Gasteiger partial charge in [-0.25, -0.2) is 0 Å². The molecule has 0 saturated carbocycles. The summed E-state index contributed by atoms with van der Waals surface area (Å²) >= 11 is 0. The number of hydrogen-bond donors (Lipinski definition) is 1. The van der Waals surface area contributed by atoms with Crippen molar-refractivity contribution in [2.45, 2.75) is 38.5 Å². The van der Waals surface area contributed by atoms with E-state index in [1.54, 1.807) is 0 Å². The molecule has 14 heavy (non-hydrogen) atoms. The van der Waals surface area contributed by atoms with Crippen molar-refractivity contribution < 1.29 is 5.11 Å². The molecular formula is C13H18O. The maximum Gasteiger partial charge on any atom is 0.0500 e. The molecule has 1 atom stereocenters. The normalized spacial score (nSPS) is 23.6. The quantitative estimate of drug-likeness (QED) is 0.722. The van der Waals surface area contributed by atoms with Crippen LogP contribution in [0.3, 0.4) is 0 Å². The van der Waals surface area contributed by atoms with Gasteiger partial charge < -0.3 is 5.11 Å². The highest BCUT2D eigenvalue weighted by molar-refractivity contribution is 5.43. The van der Waals surface area contributed by atoms with Gasteiger partial charge in [0.05, 0.1) is 0 Å². The Hall–Kier alpha value is -0.820. The van der Waals surface area contributed by atoms with Gasteiger partial charge in [0, 0.05) is 12.5 Å². The molecule has 1 nitrogen and oxygen atoms in total. The number of aliphatic hydroxyl groups excluding tert-OH is 1. The molecule has 1 aromatic carbocycles. The van der Waals surface area contributed by atoms with Crippen molar-refractivity contribution in [2.75, 3.05) is 6.61 Å². The van der Waals surface area contributed by atoms with E-state index in [-0.39, 0.29) is 12.0 Å². The standard InChI is InChI=1S/C13H18O/c1-9-4-5-11-10(8-14)7-13(2,3)12(11)6-9/h4-6,10,14H,7-8H2,1-3H3/t10-/m0/s1. The largest absolute Gasteiger partial charge is 0.396 e. The second-order valence-electron chi connectivity index (χ2n) is 5.06. The zero-order valence-electron chi connectivity index (χ0n) is 9.17. The first-order chi connectivity index (χ1) is 6.54. The van der Waals surface area contributed by atoms with Crippen molar-refractivity contribution in [1.82, 2.24) is 0 Å². The summed E-state index contributed by atoms with van der Waals surface area (Å²) in [7, 11) is 0. The number of aryl methyl sites for hydroxylation is 1. The van der Waals surface area contributed by atoms with Gasteiger partial charge in [0.2, 0.25) is 0 Å². The summed E-state index contributed by atoms with van der Waals surface area (Å²) in [6.45, 7) is 6.93. The third kappa shape index (κ3) is 1.36. The van der Waals surface area contributed by atoms with E-state index in [4.69, 9.17) is 0 Å². The highest BCUT2D eigenvalue weighted by Crippen LogP contribution is 2.45. The van der Waals surface area contributed by atoms with E-state index in [2.05, 4.69) is 39.0 Å². The molecule has 0 fully saturated rings. The summed E-state index contributed by atoms with van der Waals surface area (Å²) in [5.74, 6) is 0.348. The van der Waals surface area contributed by atoms with Gasteiger partial charge in [0.25, 0.3) is 0 Å². The van der Waals surface area contributed by atoms with E-state index in [0.29, 0.717) is 5.92 Å². The summed E-state index contributed by atoms with van der Waals surface area (Å²) in [5, 5.41) is 9.31. The second kappa shape index (κ2) is 3.09. The van der Waals surface area contributed by atoms with E-state index in [9.17, 15) is 5.11 Å². The van der Waals surface area contributed by atoms with Crippen molar-refractivity contribution in [3.8, 4) is 0 Å². The second-order valence-corrected chi connectivity index (χ2v) is 5.06. The first-order valence-electron chi connectivity index (χ1n) is 5.26. The van der Waals surface area contributed by atoms with Crippen LogP contribution in [0.25, 0.3) is 0 Å². The molecule has 1 aromatic rings. The Balaban J connectivity index is 2.54. The fourth-order valence-corrected chi connectivity index (χ4v) is 2.61. The maximum absolute atomic E-state index is 9.31. The molecule has 76 valence electrons. The summed E-state index contributed by atoms with van der Waals surface area (Å²) < 4.78 is 0. The van der Waals surface area contributed by atoms with Crippen LogP contribution in [0, 0.1) is 6.92 Å². The molecule has 0 radical (unpaired) electrons. The van der Waals surface area contributed by atoms with Crippen LogP contribution in [-0.4, -0.2) is 11.7 Å². The number of hydrogen-bond acceptors (Lipinski definition) is 1. The molecule has 0 unspecified atom stereocenters. The number of rotatable bonds is 1. The average Bonchev–Trinajstić information content (AvgIpc) is 2.38. The Morgan fingerprint density at radius 1 is 1.43 bits per heavy atom. The lowest BCUT2D eigenvalue weighted by molar-refractivity contribution is 0.253. The summed E-state index contributed by atoms with van der Waals surface area (Å²) in [6, 6.07) is 6.59. The van der Waals surface area contributed by atoms with E-state index in [1.807, 2.05) is 0 Å². The van der Waals surface area contributed by atoms with Crippen molar-refractivity contribution in [2.24, 2.45) is 0 Å². The van der Waals surface area contributed by atoms with Crippen LogP contribution in [0.15, 0.2) is 18.2 Å². The van der Waals surface area contributed by atoms with Gasteiger partial charge in [0.15, 0.2) is 0 Å².